The van der Waals surface area contributed by atoms with Crippen molar-refractivity contribution in [2.75, 3.05) is 37.6 Å². The lowest BCUT2D eigenvalue weighted by Crippen LogP contribution is -2.47. The highest BCUT2D eigenvalue weighted by atomic mass is 16.1. The van der Waals surface area contributed by atoms with Gasteiger partial charge in [0.05, 0.1) is 5.56 Å². The largest absolute Gasteiger partial charge is 0.365 e. The van der Waals surface area contributed by atoms with Gasteiger partial charge in [0, 0.05) is 37.8 Å². The molecule has 24 heavy (non-hydrogen) atoms. The smallest absolute Gasteiger partial charge is 0.252 e. The van der Waals surface area contributed by atoms with E-state index in [1.807, 2.05) is 0 Å². The first-order valence-electron chi connectivity index (χ1n) is 9.00. The highest BCUT2D eigenvalue weighted by molar-refractivity contribution is 5.97. The van der Waals surface area contributed by atoms with Crippen LogP contribution in [0.1, 0.15) is 50.4 Å². The number of anilines is 1. The number of hydrogen-bond donors (Lipinski definition) is 1. The van der Waals surface area contributed by atoms with E-state index in [0.717, 1.165) is 32.0 Å². The van der Waals surface area contributed by atoms with E-state index in [2.05, 4.69) is 35.6 Å². The van der Waals surface area contributed by atoms with E-state index in [-0.39, 0.29) is 0 Å². The lowest BCUT2D eigenvalue weighted by molar-refractivity contribution is 0.0767. The van der Waals surface area contributed by atoms with Crippen LogP contribution in [0.2, 0.25) is 0 Å². The van der Waals surface area contributed by atoms with Crippen LogP contribution >= 0.6 is 0 Å². The molecular weight excluding hydrogens is 300 g/mol. The molecule has 1 atom stereocenters. The summed E-state index contributed by atoms with van der Waals surface area (Å²) >= 11 is 0. The summed E-state index contributed by atoms with van der Waals surface area (Å²) in [4.78, 5) is 21.0. The van der Waals surface area contributed by atoms with E-state index >= 15 is 0 Å². The van der Waals surface area contributed by atoms with Gasteiger partial charge >= 0.3 is 0 Å². The number of likely N-dealkylation sites (tertiary alicyclic amines) is 1. The summed E-state index contributed by atoms with van der Waals surface area (Å²) in [6, 6.07) is 3.56. The van der Waals surface area contributed by atoms with Gasteiger partial charge in [-0.1, -0.05) is 20.8 Å². The lowest BCUT2D eigenvalue weighted by atomic mass is 9.78. The summed E-state index contributed by atoms with van der Waals surface area (Å²) < 4.78 is 0. The van der Waals surface area contributed by atoms with Crippen LogP contribution in [-0.2, 0) is 0 Å². The van der Waals surface area contributed by atoms with Gasteiger partial charge in [0.1, 0.15) is 5.82 Å². The van der Waals surface area contributed by atoms with Crippen LogP contribution in [0.25, 0.3) is 0 Å². The zero-order chi connectivity index (χ0) is 17.4. The van der Waals surface area contributed by atoms with Crippen LogP contribution in [0, 0.1) is 10.8 Å². The first-order valence-corrected chi connectivity index (χ1v) is 9.00. The van der Waals surface area contributed by atoms with Gasteiger partial charge < -0.3 is 15.5 Å². The van der Waals surface area contributed by atoms with E-state index < -0.39 is 5.91 Å². The minimum absolute atomic E-state index is 0.329. The molecule has 3 rings (SSSR count). The minimum atomic E-state index is -0.392. The molecule has 0 aliphatic carbocycles. The summed E-state index contributed by atoms with van der Waals surface area (Å²) in [5, 5.41) is 0. The van der Waals surface area contributed by atoms with E-state index in [0.29, 0.717) is 16.4 Å². The molecule has 2 aliphatic rings. The summed E-state index contributed by atoms with van der Waals surface area (Å²) in [5.74, 6) is 0.367. The second-order valence-electron chi connectivity index (χ2n) is 8.79. The molecule has 0 radical (unpaired) electrons. The van der Waals surface area contributed by atoms with Crippen molar-refractivity contribution >= 4 is 11.7 Å². The Morgan fingerprint density at radius 2 is 2.08 bits per heavy atom. The van der Waals surface area contributed by atoms with Crippen LogP contribution in [0.15, 0.2) is 18.3 Å². The quantitative estimate of drug-likeness (QED) is 0.925. The van der Waals surface area contributed by atoms with Crippen LogP contribution in [-0.4, -0.2) is 48.5 Å². The van der Waals surface area contributed by atoms with Crippen LogP contribution in [0.5, 0.6) is 0 Å². The molecule has 5 nitrogen and oxygen atoms in total. The van der Waals surface area contributed by atoms with Gasteiger partial charge in [0.2, 0.25) is 0 Å². The molecule has 0 aromatic carbocycles. The topological polar surface area (TPSA) is 62.5 Å². The summed E-state index contributed by atoms with van der Waals surface area (Å²) in [6.07, 6.45) is 5.44. The predicted octanol–water partition coefficient (Wildman–Crippen LogP) is 2.52. The molecule has 2 N–H and O–H groups in total. The number of piperidine rings is 1. The van der Waals surface area contributed by atoms with E-state index in [4.69, 9.17) is 5.73 Å². The summed E-state index contributed by atoms with van der Waals surface area (Å²) in [5.41, 5.74) is 6.73. The number of primary amides is 1. The lowest BCUT2D eigenvalue weighted by Gasteiger charge is -2.42. The Morgan fingerprint density at radius 1 is 1.29 bits per heavy atom. The average molecular weight is 330 g/mol. The highest BCUT2D eigenvalue weighted by Crippen LogP contribution is 2.41. The third-order valence-electron chi connectivity index (χ3n) is 5.23. The van der Waals surface area contributed by atoms with Crippen LogP contribution in [0.3, 0.4) is 0 Å². The number of carbonyl (C=O) groups is 1. The summed E-state index contributed by atoms with van der Waals surface area (Å²) in [7, 11) is 0. The minimum Gasteiger partial charge on any atom is -0.365 e. The molecular formula is C19H30N4O. The molecule has 3 heterocycles. The van der Waals surface area contributed by atoms with Crippen molar-refractivity contribution in [2.24, 2.45) is 16.6 Å². The maximum atomic E-state index is 11.7. The van der Waals surface area contributed by atoms with E-state index in [9.17, 15) is 4.79 Å². The van der Waals surface area contributed by atoms with Gasteiger partial charge in [-0.2, -0.15) is 0 Å². The molecule has 1 amide bonds. The average Bonchev–Trinajstić information content (AvgIpc) is 2.89. The molecule has 0 unspecified atom stereocenters. The molecule has 132 valence electrons. The van der Waals surface area contributed by atoms with Gasteiger partial charge in [-0.3, -0.25) is 4.79 Å². The fourth-order valence-electron chi connectivity index (χ4n) is 4.41. The third-order valence-corrected chi connectivity index (χ3v) is 5.23. The third kappa shape index (κ3) is 3.72. The number of aromatic nitrogens is 1. The number of pyridine rings is 1. The van der Waals surface area contributed by atoms with Gasteiger partial charge in [-0.25, -0.2) is 4.98 Å². The first-order chi connectivity index (χ1) is 11.3. The number of carbonyl (C=O) groups excluding carboxylic acids is 1. The molecule has 5 heteroatoms. The van der Waals surface area contributed by atoms with Gasteiger partial charge in [0.25, 0.3) is 5.91 Å². The van der Waals surface area contributed by atoms with E-state index in [1.54, 1.807) is 18.3 Å². The molecule has 0 saturated carbocycles. The number of nitrogens with two attached hydrogens (primary N) is 1. The van der Waals surface area contributed by atoms with Crippen molar-refractivity contribution in [3.63, 3.8) is 0 Å². The van der Waals surface area contributed by atoms with Crippen LogP contribution < -0.4 is 10.6 Å². The zero-order valence-corrected chi connectivity index (χ0v) is 15.2. The van der Waals surface area contributed by atoms with Crippen molar-refractivity contribution in [3.05, 3.63) is 23.9 Å². The Balaban J connectivity index is 1.74. The van der Waals surface area contributed by atoms with Crippen molar-refractivity contribution in [2.45, 2.75) is 40.0 Å². The molecule has 1 aromatic rings. The highest BCUT2D eigenvalue weighted by Gasteiger charge is 2.42. The van der Waals surface area contributed by atoms with Gasteiger partial charge in [0.15, 0.2) is 0 Å². The van der Waals surface area contributed by atoms with Crippen molar-refractivity contribution in [3.8, 4) is 0 Å². The molecule has 0 bridgehead atoms. The van der Waals surface area contributed by atoms with Gasteiger partial charge in [-0.15, -0.1) is 0 Å². The first kappa shape index (κ1) is 17.2. The number of hydrogen-bond acceptors (Lipinski definition) is 4. The van der Waals surface area contributed by atoms with Gasteiger partial charge in [-0.05, 0) is 43.4 Å². The second kappa shape index (κ2) is 6.36. The van der Waals surface area contributed by atoms with Crippen molar-refractivity contribution in [1.29, 1.82) is 0 Å². The Morgan fingerprint density at radius 3 is 2.79 bits per heavy atom. The Bertz CT molecular complexity index is 610. The predicted molar refractivity (Wildman–Crippen MR) is 97.1 cm³/mol. The molecule has 1 aromatic heterocycles. The molecule has 2 aliphatic heterocycles. The molecule has 1 spiro atoms. The van der Waals surface area contributed by atoms with Crippen molar-refractivity contribution in [1.82, 2.24) is 9.88 Å². The SMILES string of the molecule is CC(C)(C)CN1CCC[C@]2(CCN(c3ncccc3C(N)=O)C2)C1. The Labute approximate surface area is 145 Å². The monoisotopic (exact) mass is 330 g/mol. The number of amides is 1. The van der Waals surface area contributed by atoms with Crippen molar-refractivity contribution < 1.29 is 4.79 Å². The second-order valence-corrected chi connectivity index (χ2v) is 8.79. The fraction of sp³-hybridized carbons (Fsp3) is 0.684. The van der Waals surface area contributed by atoms with Crippen LogP contribution in [0.4, 0.5) is 5.82 Å². The summed E-state index contributed by atoms with van der Waals surface area (Å²) in [6.45, 7) is 12.4. The normalized spacial score (nSPS) is 25.4. The number of nitrogens with zero attached hydrogens (tertiary/aromatic N) is 3. The fourth-order valence-corrected chi connectivity index (χ4v) is 4.41. The number of rotatable bonds is 3. The molecule has 2 saturated heterocycles. The maximum absolute atomic E-state index is 11.7. The zero-order valence-electron chi connectivity index (χ0n) is 15.2. The van der Waals surface area contributed by atoms with E-state index in [1.165, 1.54) is 25.8 Å². The maximum Gasteiger partial charge on any atom is 0.252 e. The Hall–Kier alpha value is -1.62. The molecule has 2 fully saturated rings. The Kier molecular flexibility index (Phi) is 4.56. The standard InChI is InChI=1S/C19H30N4O/c1-18(2,3)12-22-10-5-7-19(13-22)8-11-23(14-19)17-15(16(20)24)6-4-9-21-17/h4,6,9H,5,7-8,10-14H2,1-3H3,(H2,20,24)/t19-/m0/s1.